The summed E-state index contributed by atoms with van der Waals surface area (Å²) in [4.78, 5) is 0. The van der Waals surface area contributed by atoms with E-state index in [9.17, 15) is 0 Å². The molecular formula is C14H19NO. The molecule has 0 amide bonds. The van der Waals surface area contributed by atoms with Crippen LogP contribution in [0.1, 0.15) is 24.9 Å². The highest BCUT2D eigenvalue weighted by Gasteiger charge is 2.13. The van der Waals surface area contributed by atoms with E-state index in [2.05, 4.69) is 30.3 Å². The quantitative estimate of drug-likeness (QED) is 0.739. The van der Waals surface area contributed by atoms with Gasteiger partial charge in [-0.15, -0.1) is 6.42 Å². The fraction of sp³-hybridized carbons (Fsp3) is 0.429. The first-order valence-electron chi connectivity index (χ1n) is 5.57. The zero-order chi connectivity index (χ0) is 11.8. The molecule has 0 radical (unpaired) electrons. The van der Waals surface area contributed by atoms with Gasteiger partial charge in [-0.2, -0.15) is 0 Å². The Morgan fingerprint density at radius 2 is 2.06 bits per heavy atom. The molecule has 0 aromatic heterocycles. The summed E-state index contributed by atoms with van der Waals surface area (Å²) in [5.41, 5.74) is 1.21. The van der Waals surface area contributed by atoms with Crippen LogP contribution in [0.4, 0.5) is 0 Å². The molecule has 2 nitrogen and oxygen atoms in total. The van der Waals surface area contributed by atoms with Crippen molar-refractivity contribution in [2.45, 2.75) is 25.4 Å². The summed E-state index contributed by atoms with van der Waals surface area (Å²) < 4.78 is 5.22. The Morgan fingerprint density at radius 1 is 1.38 bits per heavy atom. The van der Waals surface area contributed by atoms with E-state index >= 15 is 0 Å². The number of benzene rings is 1. The van der Waals surface area contributed by atoms with Crippen LogP contribution in [-0.4, -0.2) is 19.8 Å². The maximum Gasteiger partial charge on any atom is 0.0689 e. The SMILES string of the molecule is C#CC(CC)NC(COC)c1ccccc1. The highest BCUT2D eigenvalue weighted by atomic mass is 16.5. The van der Waals surface area contributed by atoms with Gasteiger partial charge in [-0.1, -0.05) is 43.2 Å². The van der Waals surface area contributed by atoms with Crippen LogP contribution in [0.15, 0.2) is 30.3 Å². The monoisotopic (exact) mass is 217 g/mol. The largest absolute Gasteiger partial charge is 0.383 e. The van der Waals surface area contributed by atoms with Gasteiger partial charge in [0.15, 0.2) is 0 Å². The van der Waals surface area contributed by atoms with Crippen LogP contribution in [-0.2, 0) is 4.74 Å². The highest BCUT2D eigenvalue weighted by molar-refractivity contribution is 5.19. The Morgan fingerprint density at radius 3 is 2.56 bits per heavy atom. The average molecular weight is 217 g/mol. The number of hydrogen-bond donors (Lipinski definition) is 1. The van der Waals surface area contributed by atoms with E-state index in [0.717, 1.165) is 6.42 Å². The number of terminal acetylenes is 1. The van der Waals surface area contributed by atoms with Crippen molar-refractivity contribution in [1.29, 1.82) is 0 Å². The van der Waals surface area contributed by atoms with Crippen molar-refractivity contribution in [3.05, 3.63) is 35.9 Å². The molecule has 2 unspecified atom stereocenters. The third kappa shape index (κ3) is 3.69. The Balaban J connectivity index is 2.72. The van der Waals surface area contributed by atoms with Crippen molar-refractivity contribution in [2.75, 3.05) is 13.7 Å². The van der Waals surface area contributed by atoms with Crippen LogP contribution < -0.4 is 5.32 Å². The molecule has 1 aromatic rings. The number of ether oxygens (including phenoxy) is 1. The van der Waals surface area contributed by atoms with Crippen LogP contribution >= 0.6 is 0 Å². The summed E-state index contributed by atoms with van der Waals surface area (Å²) in [6.45, 7) is 2.70. The van der Waals surface area contributed by atoms with Gasteiger partial charge in [0.1, 0.15) is 0 Å². The second-order valence-electron chi connectivity index (χ2n) is 3.71. The standard InChI is InChI=1S/C14H19NO/c1-4-13(5-2)15-14(11-16-3)12-9-7-6-8-10-12/h1,6-10,13-15H,5,11H2,2-3H3. The Bertz CT molecular complexity index is 328. The van der Waals surface area contributed by atoms with Gasteiger partial charge in [0, 0.05) is 7.11 Å². The maximum absolute atomic E-state index is 5.45. The number of nitrogens with one attached hydrogen (secondary N) is 1. The number of rotatable bonds is 6. The molecule has 1 aromatic carbocycles. The molecule has 0 heterocycles. The van der Waals surface area contributed by atoms with Crippen LogP contribution in [0.3, 0.4) is 0 Å². The lowest BCUT2D eigenvalue weighted by Gasteiger charge is -2.21. The molecule has 0 saturated carbocycles. The topological polar surface area (TPSA) is 21.3 Å². The molecular weight excluding hydrogens is 198 g/mol. The summed E-state index contributed by atoms with van der Waals surface area (Å²) in [6, 6.07) is 10.5. The van der Waals surface area contributed by atoms with E-state index in [1.54, 1.807) is 7.11 Å². The Labute approximate surface area is 98.0 Å². The molecule has 0 aliphatic carbocycles. The minimum absolute atomic E-state index is 0.0976. The first-order chi connectivity index (χ1) is 7.81. The zero-order valence-electron chi connectivity index (χ0n) is 9.94. The van der Waals surface area contributed by atoms with Gasteiger partial charge >= 0.3 is 0 Å². The molecule has 16 heavy (non-hydrogen) atoms. The van der Waals surface area contributed by atoms with Gasteiger partial charge in [-0.25, -0.2) is 0 Å². The van der Waals surface area contributed by atoms with Crippen molar-refractivity contribution in [1.82, 2.24) is 5.32 Å². The second-order valence-corrected chi connectivity index (χ2v) is 3.71. The molecule has 0 saturated heterocycles. The van der Waals surface area contributed by atoms with Gasteiger partial charge in [-0.05, 0) is 12.0 Å². The average Bonchev–Trinajstić information content (AvgIpc) is 2.35. The van der Waals surface area contributed by atoms with Crippen LogP contribution in [0.2, 0.25) is 0 Å². The van der Waals surface area contributed by atoms with Crippen LogP contribution in [0.5, 0.6) is 0 Å². The fourth-order valence-electron chi connectivity index (χ4n) is 1.62. The molecule has 86 valence electrons. The molecule has 0 aliphatic heterocycles. The predicted octanol–water partition coefficient (Wildman–Crippen LogP) is 2.38. The second kappa shape index (κ2) is 7.05. The fourth-order valence-corrected chi connectivity index (χ4v) is 1.62. The van der Waals surface area contributed by atoms with E-state index in [-0.39, 0.29) is 12.1 Å². The van der Waals surface area contributed by atoms with Crippen LogP contribution in [0, 0.1) is 12.3 Å². The van der Waals surface area contributed by atoms with Crippen molar-refractivity contribution < 1.29 is 4.74 Å². The van der Waals surface area contributed by atoms with E-state index in [0.29, 0.717) is 6.61 Å². The molecule has 2 atom stereocenters. The Hall–Kier alpha value is -1.30. The first kappa shape index (κ1) is 12.8. The molecule has 0 aliphatic rings. The summed E-state index contributed by atoms with van der Waals surface area (Å²) in [7, 11) is 1.70. The maximum atomic E-state index is 5.45. The molecule has 1 N–H and O–H groups in total. The molecule has 2 heteroatoms. The molecule has 0 bridgehead atoms. The van der Waals surface area contributed by atoms with E-state index in [1.807, 2.05) is 18.2 Å². The van der Waals surface area contributed by atoms with Crippen molar-refractivity contribution in [3.8, 4) is 12.3 Å². The van der Waals surface area contributed by atoms with Gasteiger partial charge in [0.25, 0.3) is 0 Å². The third-order valence-corrected chi connectivity index (χ3v) is 2.55. The Kier molecular flexibility index (Phi) is 5.63. The minimum atomic E-state index is 0.0976. The van der Waals surface area contributed by atoms with Gasteiger partial charge < -0.3 is 4.74 Å². The van der Waals surface area contributed by atoms with E-state index < -0.39 is 0 Å². The zero-order valence-corrected chi connectivity index (χ0v) is 9.94. The predicted molar refractivity (Wildman–Crippen MR) is 67.1 cm³/mol. The molecule has 1 rings (SSSR count). The van der Waals surface area contributed by atoms with Gasteiger partial charge in [0.05, 0.1) is 18.7 Å². The van der Waals surface area contributed by atoms with E-state index in [1.165, 1.54) is 5.56 Å². The van der Waals surface area contributed by atoms with Crippen LogP contribution in [0.25, 0.3) is 0 Å². The smallest absolute Gasteiger partial charge is 0.0689 e. The molecule has 0 fully saturated rings. The van der Waals surface area contributed by atoms with Gasteiger partial charge in [-0.3, -0.25) is 5.32 Å². The van der Waals surface area contributed by atoms with E-state index in [4.69, 9.17) is 11.2 Å². The number of methoxy groups -OCH3 is 1. The van der Waals surface area contributed by atoms with Crippen molar-refractivity contribution in [3.63, 3.8) is 0 Å². The summed E-state index contributed by atoms with van der Waals surface area (Å²) >= 11 is 0. The van der Waals surface area contributed by atoms with Crippen molar-refractivity contribution >= 4 is 0 Å². The lowest BCUT2D eigenvalue weighted by molar-refractivity contribution is 0.164. The molecule has 0 spiro atoms. The summed E-state index contributed by atoms with van der Waals surface area (Å²) in [6.07, 6.45) is 6.37. The third-order valence-electron chi connectivity index (χ3n) is 2.55. The number of hydrogen-bond acceptors (Lipinski definition) is 2. The summed E-state index contributed by atoms with van der Waals surface area (Å²) in [5, 5.41) is 3.41. The highest BCUT2D eigenvalue weighted by Crippen LogP contribution is 2.14. The lowest BCUT2D eigenvalue weighted by atomic mass is 10.1. The minimum Gasteiger partial charge on any atom is -0.383 e. The normalized spacial score (nSPS) is 14.1. The van der Waals surface area contributed by atoms with Crippen molar-refractivity contribution in [2.24, 2.45) is 0 Å². The summed E-state index contributed by atoms with van der Waals surface area (Å²) in [5.74, 6) is 2.74. The lowest BCUT2D eigenvalue weighted by Crippen LogP contribution is -2.33. The van der Waals surface area contributed by atoms with Gasteiger partial charge in [0.2, 0.25) is 0 Å². The first-order valence-corrected chi connectivity index (χ1v) is 5.57.